The van der Waals surface area contributed by atoms with Crippen molar-refractivity contribution < 1.29 is 69.7 Å². The molecule has 11 heteroatoms. The average molecular weight is 566 g/mol. The maximum absolute atomic E-state index is 13.5. The number of amides is 1. The molecule has 7 nitrogen and oxygen atoms in total. The summed E-state index contributed by atoms with van der Waals surface area (Å²) < 4.78 is 37.2. The van der Waals surface area contributed by atoms with Gasteiger partial charge in [0.1, 0.15) is 11.4 Å². The molecule has 0 spiro atoms. The summed E-state index contributed by atoms with van der Waals surface area (Å²) in [6.07, 6.45) is 6.15. The molecule has 2 aromatic rings. The Bertz CT molecular complexity index is 1230. The van der Waals surface area contributed by atoms with Gasteiger partial charge >= 0.3 is 51.4 Å². The first-order chi connectivity index (χ1) is 17.9. The minimum atomic E-state index is -2.75. The second-order valence-electron chi connectivity index (χ2n) is 9.08. The number of carbonyl (C=O) groups is 1. The van der Waals surface area contributed by atoms with E-state index in [9.17, 15) is 13.6 Å². The molecule has 2 aliphatic rings. The molecule has 4 rings (SSSR count). The molecule has 1 amide bonds. The first kappa shape index (κ1) is 30.9. The number of methoxy groups -OCH3 is 1. The number of halogens is 2. The van der Waals surface area contributed by atoms with Crippen molar-refractivity contribution in [2.75, 3.05) is 20.7 Å². The van der Waals surface area contributed by atoms with Gasteiger partial charge < -0.3 is 19.7 Å². The number of pyridine rings is 2. The van der Waals surface area contributed by atoms with E-state index in [1.165, 1.54) is 31.3 Å². The Morgan fingerprint density at radius 2 is 2.08 bits per heavy atom. The normalized spacial score (nSPS) is 16.9. The molecule has 38 heavy (non-hydrogen) atoms. The molecule has 1 saturated heterocycles. The van der Waals surface area contributed by atoms with Gasteiger partial charge in [0.2, 0.25) is 5.91 Å². The van der Waals surface area contributed by atoms with E-state index in [1.54, 1.807) is 25.5 Å². The van der Waals surface area contributed by atoms with E-state index in [4.69, 9.17) is 4.74 Å². The molecule has 196 valence electrons. The van der Waals surface area contributed by atoms with Crippen LogP contribution in [0.15, 0.2) is 35.6 Å². The van der Waals surface area contributed by atoms with E-state index in [-0.39, 0.29) is 75.4 Å². The number of rotatable bonds is 9. The van der Waals surface area contributed by atoms with Crippen LogP contribution in [0, 0.1) is 17.8 Å². The van der Waals surface area contributed by atoms with E-state index in [2.05, 4.69) is 31.8 Å². The number of likely N-dealkylation sites (tertiary alicyclic amines) is 1. The van der Waals surface area contributed by atoms with E-state index < -0.39 is 6.43 Å². The Morgan fingerprint density at radius 3 is 2.71 bits per heavy atom. The van der Waals surface area contributed by atoms with Gasteiger partial charge in [-0.3, -0.25) is 14.8 Å². The van der Waals surface area contributed by atoms with Gasteiger partial charge in [-0.1, -0.05) is 11.8 Å². The Hall–Kier alpha value is -1.68. The molecule has 1 atom stereocenters. The van der Waals surface area contributed by atoms with Crippen molar-refractivity contribution >= 4 is 23.5 Å². The molecule has 1 N–H and O–H groups in total. The summed E-state index contributed by atoms with van der Waals surface area (Å²) in [6, 6.07) is 3.22. The standard InChI is InChI=1S/C27H30F2N5O2S.K/c1-17-5-4-10-34(17)26(35)12-19-11-21(22-13-23(27(28)29)32-16-25(22)36-3)24(15-31-19)33-37-20(14-30-2)9-8-18-6-7-18;/h11,13-18,27,30H,4-7,10,12H2,1-3H3;/q-1;+1/b20-14-;. The fraction of sp³-hybridized carbons (Fsp3) is 0.444. The van der Waals surface area contributed by atoms with Crippen LogP contribution in [-0.2, 0) is 11.2 Å². The number of hydrogen-bond acceptors (Lipinski definition) is 6. The number of allylic oxidation sites excluding steroid dienone is 1. The number of nitrogens with one attached hydrogen (secondary N) is 1. The van der Waals surface area contributed by atoms with E-state index in [1.807, 2.05) is 11.8 Å². The largest absolute Gasteiger partial charge is 1.00 e. The summed E-state index contributed by atoms with van der Waals surface area (Å²) in [5.41, 5.74) is 1.54. The third kappa shape index (κ3) is 8.16. The fourth-order valence-electron chi connectivity index (χ4n) is 4.10. The van der Waals surface area contributed by atoms with Crippen molar-refractivity contribution in [3.8, 4) is 28.7 Å². The predicted octanol–water partition coefficient (Wildman–Crippen LogP) is 2.77. The zero-order valence-electron chi connectivity index (χ0n) is 22.1. The number of carbonyl (C=O) groups excluding carboxylic acids is 1. The average Bonchev–Trinajstić information content (AvgIpc) is 3.63. The second kappa shape index (κ2) is 14.6. The molecule has 2 fully saturated rings. The molecule has 1 aliphatic heterocycles. The van der Waals surface area contributed by atoms with Gasteiger partial charge in [-0.05, 0) is 50.3 Å². The zero-order valence-corrected chi connectivity index (χ0v) is 26.1. The van der Waals surface area contributed by atoms with Crippen LogP contribution >= 0.6 is 11.9 Å². The number of aromatic nitrogens is 2. The van der Waals surface area contributed by atoms with Gasteiger partial charge in [0.25, 0.3) is 6.43 Å². The van der Waals surface area contributed by atoms with E-state index in [0.29, 0.717) is 34.2 Å². The quantitative estimate of drug-likeness (QED) is 0.286. The third-order valence-corrected chi connectivity index (χ3v) is 6.97. The van der Waals surface area contributed by atoms with Gasteiger partial charge in [0.15, 0.2) is 0 Å². The van der Waals surface area contributed by atoms with Gasteiger partial charge in [0.05, 0.1) is 30.3 Å². The second-order valence-corrected chi connectivity index (χ2v) is 9.89. The first-order valence-electron chi connectivity index (χ1n) is 12.3. The molecule has 2 aromatic heterocycles. The molecule has 1 unspecified atom stereocenters. The number of hydrogen-bond donors (Lipinski definition) is 1. The number of alkyl halides is 2. The topological polar surface area (TPSA) is 81.5 Å². The number of nitrogens with zero attached hydrogens (tertiary/aromatic N) is 4. The summed E-state index contributed by atoms with van der Waals surface area (Å²) >= 11 is 1.17. The van der Waals surface area contributed by atoms with Crippen molar-refractivity contribution in [1.29, 1.82) is 0 Å². The van der Waals surface area contributed by atoms with Crippen LogP contribution < -0.4 is 61.4 Å². The van der Waals surface area contributed by atoms with E-state index >= 15 is 0 Å². The SMILES string of the molecule is CN/C=C(/C#CC1CC1)S[N-]c1cnc(CC(=O)N2CCCC2C)cc1-c1cc(C(F)F)ncc1OC.[K+]. The smallest absolute Gasteiger partial charge is 0.625 e. The molecular weight excluding hydrogens is 535 g/mol. The molecule has 0 aromatic carbocycles. The van der Waals surface area contributed by atoms with Crippen molar-refractivity contribution in [3.63, 3.8) is 0 Å². The van der Waals surface area contributed by atoms with Crippen LogP contribution in [0.1, 0.15) is 50.4 Å². The predicted molar refractivity (Wildman–Crippen MR) is 141 cm³/mol. The van der Waals surface area contributed by atoms with Crippen molar-refractivity contribution in [1.82, 2.24) is 20.2 Å². The Kier molecular flexibility index (Phi) is 11.9. The Balaban J connectivity index is 0.00000400. The summed E-state index contributed by atoms with van der Waals surface area (Å²) in [5.74, 6) is 7.11. The molecule has 1 saturated carbocycles. The molecule has 0 bridgehead atoms. The zero-order chi connectivity index (χ0) is 26.4. The van der Waals surface area contributed by atoms with Crippen LogP contribution in [0.25, 0.3) is 15.8 Å². The monoisotopic (exact) mass is 565 g/mol. The minimum absolute atomic E-state index is 0. The van der Waals surface area contributed by atoms with Gasteiger partial charge in [-0.25, -0.2) is 20.7 Å². The van der Waals surface area contributed by atoms with Gasteiger partial charge in [-0.2, -0.15) is 0 Å². The van der Waals surface area contributed by atoms with E-state index in [0.717, 1.165) is 37.1 Å². The maximum Gasteiger partial charge on any atom is 1.00 e. The third-order valence-electron chi connectivity index (χ3n) is 6.26. The summed E-state index contributed by atoms with van der Waals surface area (Å²) in [6.45, 7) is 2.77. The first-order valence-corrected chi connectivity index (χ1v) is 13.0. The van der Waals surface area contributed by atoms with Crippen LogP contribution in [-0.4, -0.2) is 47.5 Å². The van der Waals surface area contributed by atoms with Crippen LogP contribution in [0.5, 0.6) is 5.75 Å². The Morgan fingerprint density at radius 1 is 1.29 bits per heavy atom. The van der Waals surface area contributed by atoms with Crippen molar-refractivity contribution in [3.05, 3.63) is 51.7 Å². The summed E-state index contributed by atoms with van der Waals surface area (Å²) in [5, 5.41) is 2.98. The molecular formula is C27H30F2KN5O2S. The summed E-state index contributed by atoms with van der Waals surface area (Å²) in [4.78, 5) is 23.8. The van der Waals surface area contributed by atoms with Gasteiger partial charge in [0, 0.05) is 43.5 Å². The molecule has 0 radical (unpaired) electrons. The van der Waals surface area contributed by atoms with Crippen molar-refractivity contribution in [2.45, 2.75) is 51.5 Å². The van der Waals surface area contributed by atoms with Crippen LogP contribution in [0.4, 0.5) is 14.5 Å². The van der Waals surface area contributed by atoms with Crippen LogP contribution in [0.3, 0.4) is 0 Å². The molecule has 1 aliphatic carbocycles. The van der Waals surface area contributed by atoms with Crippen LogP contribution in [0.2, 0.25) is 0 Å². The van der Waals surface area contributed by atoms with Crippen molar-refractivity contribution in [2.24, 2.45) is 5.92 Å². The maximum atomic E-state index is 13.5. The van der Waals surface area contributed by atoms with Gasteiger partial charge in [-0.15, -0.1) is 5.69 Å². The molecule has 3 heterocycles. The number of ether oxygens (including phenoxy) is 1. The fourth-order valence-corrected chi connectivity index (χ4v) is 4.72. The summed E-state index contributed by atoms with van der Waals surface area (Å²) in [7, 11) is 3.24. The Labute approximate surface area is 269 Å². The minimum Gasteiger partial charge on any atom is -0.625 e.